The molecule has 108 valence electrons. The first-order chi connectivity index (χ1) is 8.97. The molecule has 1 aromatic heterocycles. The van der Waals surface area contributed by atoms with E-state index in [1.54, 1.807) is 18.3 Å². The Morgan fingerprint density at radius 2 is 2.16 bits per heavy atom. The normalized spacial score (nSPS) is 12.0. The molecule has 0 aliphatic heterocycles. The Morgan fingerprint density at radius 3 is 2.68 bits per heavy atom. The lowest BCUT2D eigenvalue weighted by atomic mass is 10.4. The molecule has 1 aromatic rings. The Morgan fingerprint density at radius 1 is 1.47 bits per heavy atom. The van der Waals surface area contributed by atoms with Gasteiger partial charge in [-0.05, 0) is 12.6 Å². The maximum Gasteiger partial charge on any atom is 0.244 e. The molecule has 1 N–H and O–H groups in total. The number of rotatable bonds is 8. The summed E-state index contributed by atoms with van der Waals surface area (Å²) in [7, 11) is -1.57. The summed E-state index contributed by atoms with van der Waals surface area (Å²) >= 11 is 0. The highest BCUT2D eigenvalue weighted by Gasteiger charge is 2.23. The third-order valence-corrected chi connectivity index (χ3v) is 4.87. The van der Waals surface area contributed by atoms with Crippen molar-refractivity contribution in [3.05, 3.63) is 30.6 Å². The van der Waals surface area contributed by atoms with Crippen molar-refractivity contribution in [3.8, 4) is 0 Å². The quantitative estimate of drug-likeness (QED) is 0.733. The molecule has 0 bridgehead atoms. The van der Waals surface area contributed by atoms with Crippen LogP contribution in [0.25, 0.3) is 0 Å². The predicted molar refractivity (Wildman–Crippen MR) is 77.4 cm³/mol. The van der Waals surface area contributed by atoms with Crippen molar-refractivity contribution in [2.45, 2.75) is 25.3 Å². The summed E-state index contributed by atoms with van der Waals surface area (Å²) in [6.07, 6.45) is 3.26. The lowest BCUT2D eigenvalue weighted by Gasteiger charge is -2.17. The topological polar surface area (TPSA) is 54.3 Å². The standard InChI is InChI=1S/C13H23N3O2S/c1-5-8-16(7-3)19(17,18)13-9-12(10-14-6-2)15(4)11-13/h5,9,11,14H,1,6-8,10H2,2-4H3. The highest BCUT2D eigenvalue weighted by Crippen LogP contribution is 2.18. The maximum atomic E-state index is 12.4. The Labute approximate surface area is 116 Å². The van der Waals surface area contributed by atoms with Gasteiger partial charge in [-0.25, -0.2) is 8.42 Å². The first-order valence-electron chi connectivity index (χ1n) is 6.44. The fourth-order valence-corrected chi connectivity index (χ4v) is 3.35. The van der Waals surface area contributed by atoms with Crippen LogP contribution in [-0.4, -0.2) is 36.9 Å². The van der Waals surface area contributed by atoms with Crippen LogP contribution in [0.15, 0.2) is 29.8 Å². The van der Waals surface area contributed by atoms with Crippen LogP contribution in [0, 0.1) is 0 Å². The molecule has 0 aromatic carbocycles. The van der Waals surface area contributed by atoms with E-state index < -0.39 is 10.0 Å². The fourth-order valence-electron chi connectivity index (χ4n) is 1.84. The van der Waals surface area contributed by atoms with Crippen molar-refractivity contribution in [2.24, 2.45) is 7.05 Å². The molecular formula is C13H23N3O2S. The fraction of sp³-hybridized carbons (Fsp3) is 0.538. The van der Waals surface area contributed by atoms with E-state index in [1.165, 1.54) is 4.31 Å². The Balaban J connectivity index is 3.04. The van der Waals surface area contributed by atoms with Gasteiger partial charge in [-0.1, -0.05) is 19.9 Å². The van der Waals surface area contributed by atoms with E-state index in [-0.39, 0.29) is 0 Å². The van der Waals surface area contributed by atoms with Gasteiger partial charge in [-0.3, -0.25) is 0 Å². The van der Waals surface area contributed by atoms with Crippen LogP contribution < -0.4 is 5.32 Å². The van der Waals surface area contributed by atoms with Gasteiger partial charge < -0.3 is 9.88 Å². The second kappa shape index (κ2) is 6.88. The summed E-state index contributed by atoms with van der Waals surface area (Å²) < 4.78 is 28.1. The molecule has 5 nitrogen and oxygen atoms in total. The molecule has 0 unspecified atom stereocenters. The molecule has 0 saturated carbocycles. The first kappa shape index (κ1) is 15.9. The highest BCUT2D eigenvalue weighted by molar-refractivity contribution is 7.89. The maximum absolute atomic E-state index is 12.4. The average Bonchev–Trinajstić information content (AvgIpc) is 2.75. The zero-order valence-electron chi connectivity index (χ0n) is 11.9. The van der Waals surface area contributed by atoms with Crippen molar-refractivity contribution in [1.82, 2.24) is 14.2 Å². The molecule has 0 aliphatic rings. The van der Waals surface area contributed by atoms with Gasteiger partial charge in [0.15, 0.2) is 0 Å². The van der Waals surface area contributed by atoms with Gasteiger partial charge in [-0.15, -0.1) is 6.58 Å². The van der Waals surface area contributed by atoms with Crippen LogP contribution in [-0.2, 0) is 23.6 Å². The molecule has 6 heteroatoms. The minimum absolute atomic E-state index is 0.330. The van der Waals surface area contributed by atoms with Crippen molar-refractivity contribution >= 4 is 10.0 Å². The van der Waals surface area contributed by atoms with Crippen molar-refractivity contribution in [2.75, 3.05) is 19.6 Å². The summed E-state index contributed by atoms with van der Waals surface area (Å²) in [6.45, 7) is 9.72. The van der Waals surface area contributed by atoms with E-state index in [9.17, 15) is 8.42 Å². The lowest BCUT2D eigenvalue weighted by Crippen LogP contribution is -2.30. The summed E-state index contributed by atoms with van der Waals surface area (Å²) in [6, 6.07) is 1.73. The van der Waals surface area contributed by atoms with Gasteiger partial charge in [0, 0.05) is 38.6 Å². The highest BCUT2D eigenvalue weighted by atomic mass is 32.2. The molecule has 0 spiro atoms. The van der Waals surface area contributed by atoms with Crippen LogP contribution in [0.1, 0.15) is 19.5 Å². The van der Waals surface area contributed by atoms with E-state index in [1.807, 2.05) is 25.5 Å². The second-order valence-corrected chi connectivity index (χ2v) is 6.24. The number of aromatic nitrogens is 1. The minimum Gasteiger partial charge on any atom is -0.352 e. The number of likely N-dealkylation sites (N-methyl/N-ethyl adjacent to an activating group) is 1. The summed E-state index contributed by atoms with van der Waals surface area (Å²) in [4.78, 5) is 0.339. The van der Waals surface area contributed by atoms with Gasteiger partial charge in [0.2, 0.25) is 10.0 Å². The van der Waals surface area contributed by atoms with E-state index in [4.69, 9.17) is 0 Å². The minimum atomic E-state index is -3.43. The second-order valence-electron chi connectivity index (χ2n) is 4.30. The molecule has 0 amide bonds. The van der Waals surface area contributed by atoms with Gasteiger partial charge in [0.25, 0.3) is 0 Å². The molecule has 0 atom stereocenters. The zero-order chi connectivity index (χ0) is 14.5. The smallest absolute Gasteiger partial charge is 0.244 e. The number of sulfonamides is 1. The Bertz CT molecular complexity index is 520. The van der Waals surface area contributed by atoms with Gasteiger partial charge in [0.1, 0.15) is 4.90 Å². The first-order valence-corrected chi connectivity index (χ1v) is 7.88. The monoisotopic (exact) mass is 285 g/mol. The molecule has 0 fully saturated rings. The van der Waals surface area contributed by atoms with Crippen molar-refractivity contribution in [3.63, 3.8) is 0 Å². The summed E-state index contributed by atoms with van der Waals surface area (Å²) in [5.74, 6) is 0. The van der Waals surface area contributed by atoms with E-state index in [0.29, 0.717) is 24.5 Å². The molecule has 0 radical (unpaired) electrons. The van der Waals surface area contributed by atoms with E-state index >= 15 is 0 Å². The summed E-state index contributed by atoms with van der Waals surface area (Å²) in [5, 5.41) is 3.19. The average molecular weight is 285 g/mol. The SMILES string of the molecule is C=CCN(CC)S(=O)(=O)c1cc(CNCC)n(C)c1. The van der Waals surface area contributed by atoms with Crippen LogP contribution in [0.4, 0.5) is 0 Å². The molecule has 0 aliphatic carbocycles. The van der Waals surface area contributed by atoms with Gasteiger partial charge >= 0.3 is 0 Å². The third-order valence-electron chi connectivity index (χ3n) is 2.96. The Kier molecular flexibility index (Phi) is 5.78. The molecular weight excluding hydrogens is 262 g/mol. The van der Waals surface area contributed by atoms with E-state index in [0.717, 1.165) is 12.2 Å². The van der Waals surface area contributed by atoms with Crippen LogP contribution in [0.5, 0.6) is 0 Å². The number of nitrogens with one attached hydrogen (secondary N) is 1. The number of hydrogen-bond acceptors (Lipinski definition) is 3. The third kappa shape index (κ3) is 3.68. The predicted octanol–water partition coefficient (Wildman–Crippen LogP) is 1.33. The molecule has 0 saturated heterocycles. The Hall–Kier alpha value is -1.11. The molecule has 1 rings (SSSR count). The summed E-state index contributed by atoms with van der Waals surface area (Å²) in [5.41, 5.74) is 0.954. The number of nitrogens with zero attached hydrogens (tertiary/aromatic N) is 2. The largest absolute Gasteiger partial charge is 0.352 e. The van der Waals surface area contributed by atoms with E-state index in [2.05, 4.69) is 11.9 Å². The zero-order valence-corrected chi connectivity index (χ0v) is 12.7. The molecule has 1 heterocycles. The van der Waals surface area contributed by atoms with Crippen LogP contribution in [0.3, 0.4) is 0 Å². The molecule has 19 heavy (non-hydrogen) atoms. The number of aryl methyl sites for hydroxylation is 1. The van der Waals surface area contributed by atoms with Crippen molar-refractivity contribution in [1.29, 1.82) is 0 Å². The number of hydrogen-bond donors (Lipinski definition) is 1. The lowest BCUT2D eigenvalue weighted by molar-refractivity contribution is 0.460. The van der Waals surface area contributed by atoms with Gasteiger partial charge in [-0.2, -0.15) is 4.31 Å². The van der Waals surface area contributed by atoms with Crippen molar-refractivity contribution < 1.29 is 8.42 Å². The van der Waals surface area contributed by atoms with Gasteiger partial charge in [0.05, 0.1) is 0 Å². The van der Waals surface area contributed by atoms with Crippen LogP contribution in [0.2, 0.25) is 0 Å². The van der Waals surface area contributed by atoms with Crippen LogP contribution >= 0.6 is 0 Å².